The van der Waals surface area contributed by atoms with Crippen LogP contribution in [0.4, 0.5) is 10.5 Å². The SMILES string of the molecule is COc1ccc2c(N(NC(=O)O)S(=O)(=O)c3ccccc3)coc2c1.O. The Morgan fingerprint density at radius 1 is 1.19 bits per heavy atom. The molecular formula is C16H16N2O7S. The van der Waals surface area contributed by atoms with Gasteiger partial charge in [-0.2, -0.15) is 12.8 Å². The summed E-state index contributed by atoms with van der Waals surface area (Å²) in [5, 5.41) is 9.49. The molecule has 26 heavy (non-hydrogen) atoms. The molecule has 2 aromatic carbocycles. The van der Waals surface area contributed by atoms with Crippen molar-refractivity contribution in [1.29, 1.82) is 0 Å². The van der Waals surface area contributed by atoms with Crippen LogP contribution in [-0.4, -0.2) is 32.2 Å². The molecule has 0 spiro atoms. The number of nitrogens with one attached hydrogen (secondary N) is 1. The molecule has 0 aliphatic heterocycles. The minimum absolute atomic E-state index is 0. The third kappa shape index (κ3) is 3.41. The van der Waals surface area contributed by atoms with Gasteiger partial charge in [0, 0.05) is 11.5 Å². The van der Waals surface area contributed by atoms with Crippen LogP contribution in [0.2, 0.25) is 0 Å². The predicted molar refractivity (Wildman–Crippen MR) is 93.6 cm³/mol. The lowest BCUT2D eigenvalue weighted by Crippen LogP contribution is -2.45. The fourth-order valence-corrected chi connectivity index (χ4v) is 3.62. The number of rotatable bonds is 5. The Balaban J connectivity index is 0.00000243. The number of carbonyl (C=O) groups is 1. The number of amides is 1. The van der Waals surface area contributed by atoms with Gasteiger partial charge in [-0.1, -0.05) is 18.2 Å². The average Bonchev–Trinajstić information content (AvgIpc) is 3.02. The summed E-state index contributed by atoms with van der Waals surface area (Å²) in [4.78, 5) is 11.1. The van der Waals surface area contributed by atoms with Gasteiger partial charge < -0.3 is 19.7 Å². The van der Waals surface area contributed by atoms with Crippen molar-refractivity contribution in [3.63, 3.8) is 0 Å². The molecule has 1 amide bonds. The number of fused-ring (bicyclic) bond motifs is 1. The van der Waals surface area contributed by atoms with Gasteiger partial charge >= 0.3 is 6.09 Å². The number of carboxylic acid groups (broad SMARTS) is 1. The molecule has 4 N–H and O–H groups in total. The third-order valence-corrected chi connectivity index (χ3v) is 5.10. The first-order valence-corrected chi connectivity index (χ1v) is 8.52. The highest BCUT2D eigenvalue weighted by Gasteiger charge is 2.29. The van der Waals surface area contributed by atoms with Gasteiger partial charge in [-0.05, 0) is 24.3 Å². The molecule has 1 aromatic heterocycles. The summed E-state index contributed by atoms with van der Waals surface area (Å²) in [6.07, 6.45) is -0.358. The number of hydrogen-bond acceptors (Lipinski definition) is 5. The van der Waals surface area contributed by atoms with Crippen molar-refractivity contribution in [2.75, 3.05) is 11.5 Å². The van der Waals surface area contributed by atoms with Gasteiger partial charge in [0.25, 0.3) is 10.0 Å². The lowest BCUT2D eigenvalue weighted by molar-refractivity contribution is 0.195. The zero-order valence-corrected chi connectivity index (χ0v) is 14.4. The molecule has 10 heteroatoms. The zero-order valence-electron chi connectivity index (χ0n) is 13.5. The number of hydrogen-bond donors (Lipinski definition) is 2. The van der Waals surface area contributed by atoms with Gasteiger partial charge in [-0.3, -0.25) is 0 Å². The van der Waals surface area contributed by atoms with E-state index in [4.69, 9.17) is 14.3 Å². The lowest BCUT2D eigenvalue weighted by Gasteiger charge is -2.22. The highest BCUT2D eigenvalue weighted by Crippen LogP contribution is 2.33. The number of ether oxygens (including phenoxy) is 1. The van der Waals surface area contributed by atoms with E-state index in [2.05, 4.69) is 0 Å². The number of methoxy groups -OCH3 is 1. The molecule has 0 saturated heterocycles. The van der Waals surface area contributed by atoms with E-state index in [0.29, 0.717) is 21.1 Å². The molecule has 3 rings (SSSR count). The number of sulfonamides is 1. The van der Waals surface area contributed by atoms with Gasteiger partial charge in [-0.25, -0.2) is 10.2 Å². The van der Waals surface area contributed by atoms with Crippen LogP contribution in [0.5, 0.6) is 5.75 Å². The summed E-state index contributed by atoms with van der Waals surface area (Å²) in [5.41, 5.74) is 2.31. The predicted octanol–water partition coefficient (Wildman–Crippen LogP) is 1.99. The van der Waals surface area contributed by atoms with E-state index in [-0.39, 0.29) is 16.1 Å². The number of furan rings is 1. The molecule has 3 aromatic rings. The van der Waals surface area contributed by atoms with E-state index < -0.39 is 16.1 Å². The summed E-state index contributed by atoms with van der Waals surface area (Å²) in [6, 6.07) is 12.3. The smallest absolute Gasteiger partial charge is 0.424 e. The van der Waals surface area contributed by atoms with Crippen LogP contribution in [-0.2, 0) is 10.0 Å². The van der Waals surface area contributed by atoms with Crippen LogP contribution in [0.3, 0.4) is 0 Å². The van der Waals surface area contributed by atoms with E-state index in [1.54, 1.807) is 36.4 Å². The number of nitrogens with zero attached hydrogens (tertiary/aromatic N) is 1. The molecule has 1 heterocycles. The second kappa shape index (κ2) is 7.33. The Bertz CT molecular complexity index is 1020. The van der Waals surface area contributed by atoms with E-state index in [0.717, 1.165) is 0 Å². The van der Waals surface area contributed by atoms with E-state index in [1.807, 2.05) is 5.43 Å². The van der Waals surface area contributed by atoms with Gasteiger partial charge in [-0.15, -0.1) is 0 Å². The lowest BCUT2D eigenvalue weighted by atomic mass is 10.2. The maximum atomic E-state index is 12.9. The molecule has 0 aliphatic rings. The van der Waals surface area contributed by atoms with Gasteiger partial charge in [0.2, 0.25) is 0 Å². The average molecular weight is 380 g/mol. The van der Waals surface area contributed by atoms with Crippen molar-refractivity contribution in [3.8, 4) is 5.75 Å². The first kappa shape index (κ1) is 19.1. The highest BCUT2D eigenvalue weighted by atomic mass is 32.2. The zero-order chi connectivity index (χ0) is 18.0. The molecule has 0 bridgehead atoms. The largest absolute Gasteiger partial charge is 0.497 e. The number of anilines is 1. The summed E-state index contributed by atoms with van der Waals surface area (Å²) in [5.74, 6) is 0.525. The van der Waals surface area contributed by atoms with Crippen molar-refractivity contribution < 1.29 is 32.9 Å². The first-order valence-electron chi connectivity index (χ1n) is 7.08. The monoisotopic (exact) mass is 380 g/mol. The summed E-state index contributed by atoms with van der Waals surface area (Å²) < 4.78 is 36.8. The topological polar surface area (TPSA) is 141 Å². The quantitative estimate of drug-likeness (QED) is 0.649. The highest BCUT2D eigenvalue weighted by molar-refractivity contribution is 7.92. The van der Waals surface area contributed by atoms with Crippen molar-refractivity contribution in [2.24, 2.45) is 0 Å². The normalized spacial score (nSPS) is 10.8. The number of hydrazine groups is 1. The first-order chi connectivity index (χ1) is 11.9. The second-order valence-electron chi connectivity index (χ2n) is 4.98. The van der Waals surface area contributed by atoms with Crippen LogP contribution >= 0.6 is 0 Å². The third-order valence-electron chi connectivity index (χ3n) is 3.46. The van der Waals surface area contributed by atoms with Gasteiger partial charge in [0.15, 0.2) is 0 Å². The van der Waals surface area contributed by atoms with Gasteiger partial charge in [0.1, 0.15) is 23.3 Å². The Morgan fingerprint density at radius 3 is 2.50 bits per heavy atom. The van der Waals surface area contributed by atoms with E-state index in [1.165, 1.54) is 25.5 Å². The van der Waals surface area contributed by atoms with Crippen LogP contribution in [0.15, 0.2) is 64.1 Å². The Labute approximate surface area is 148 Å². The summed E-state index contributed by atoms with van der Waals surface area (Å²) in [7, 11) is -2.69. The molecular weight excluding hydrogens is 364 g/mol. The number of benzene rings is 2. The minimum Gasteiger partial charge on any atom is -0.497 e. The molecule has 0 unspecified atom stereocenters. The molecule has 0 radical (unpaired) electrons. The molecule has 0 saturated carbocycles. The van der Waals surface area contributed by atoms with Crippen LogP contribution in [0.25, 0.3) is 11.0 Å². The molecule has 0 fully saturated rings. The Morgan fingerprint density at radius 2 is 1.88 bits per heavy atom. The molecule has 9 nitrogen and oxygen atoms in total. The van der Waals surface area contributed by atoms with Crippen molar-refractivity contribution in [3.05, 3.63) is 54.8 Å². The Kier molecular flexibility index (Phi) is 5.38. The molecule has 138 valence electrons. The van der Waals surface area contributed by atoms with Crippen molar-refractivity contribution in [2.45, 2.75) is 4.90 Å². The molecule has 0 atom stereocenters. The minimum atomic E-state index is -4.18. The van der Waals surface area contributed by atoms with Crippen LogP contribution in [0, 0.1) is 0 Å². The maximum absolute atomic E-state index is 12.9. The maximum Gasteiger partial charge on any atom is 0.424 e. The fourth-order valence-electron chi connectivity index (χ4n) is 2.31. The van der Waals surface area contributed by atoms with Crippen LogP contribution in [0.1, 0.15) is 0 Å². The Hall–Kier alpha value is -3.24. The summed E-state index contributed by atoms with van der Waals surface area (Å²) >= 11 is 0. The van der Waals surface area contributed by atoms with Gasteiger partial charge in [0.05, 0.1) is 12.0 Å². The molecule has 0 aliphatic carbocycles. The summed E-state index contributed by atoms with van der Waals surface area (Å²) in [6.45, 7) is 0. The fraction of sp³-hybridized carbons (Fsp3) is 0.0625. The second-order valence-corrected chi connectivity index (χ2v) is 6.77. The van der Waals surface area contributed by atoms with E-state index in [9.17, 15) is 13.2 Å². The van der Waals surface area contributed by atoms with Crippen molar-refractivity contribution >= 4 is 32.8 Å². The van der Waals surface area contributed by atoms with Crippen molar-refractivity contribution in [1.82, 2.24) is 5.43 Å². The standard InChI is InChI=1S/C16H14N2O6S.H2O/c1-23-11-7-8-13-14(10-24-15(13)9-11)18(17-16(19)20)25(21,22)12-5-3-2-4-6-12;/h2-10,17H,1H3,(H,19,20);1H2. The van der Waals surface area contributed by atoms with Crippen LogP contribution < -0.4 is 14.6 Å². The van der Waals surface area contributed by atoms with E-state index >= 15 is 0 Å².